The maximum atomic E-state index is 10.9. The lowest BCUT2D eigenvalue weighted by molar-refractivity contribution is -0.113. The van der Waals surface area contributed by atoms with Gasteiger partial charge in [-0.1, -0.05) is 97.8 Å². The molecule has 0 aliphatic rings. The predicted molar refractivity (Wildman–Crippen MR) is 95.0 cm³/mol. The quantitative estimate of drug-likeness (QED) is 0.229. The standard InChI is InChI=1S/C19H37ClO/c1-4-5-6-7-8-9-10-11-12-13-14-15-16-19(2,3)17-18(20)21/h4-17H2,1-3H3. The minimum Gasteiger partial charge on any atom is -0.281 e. The van der Waals surface area contributed by atoms with Crippen LogP contribution < -0.4 is 0 Å². The molecule has 0 fully saturated rings. The zero-order valence-electron chi connectivity index (χ0n) is 14.7. The Bertz CT molecular complexity index is 248. The molecule has 0 bridgehead atoms. The van der Waals surface area contributed by atoms with Crippen molar-refractivity contribution in [2.45, 2.75) is 111 Å². The summed E-state index contributed by atoms with van der Waals surface area (Å²) in [7, 11) is 0. The van der Waals surface area contributed by atoms with Gasteiger partial charge in [0.2, 0.25) is 5.24 Å². The highest BCUT2D eigenvalue weighted by Crippen LogP contribution is 2.28. The van der Waals surface area contributed by atoms with E-state index >= 15 is 0 Å². The maximum Gasteiger partial charge on any atom is 0.222 e. The van der Waals surface area contributed by atoms with Gasteiger partial charge in [-0.15, -0.1) is 0 Å². The summed E-state index contributed by atoms with van der Waals surface area (Å²) in [5.74, 6) is 0. The van der Waals surface area contributed by atoms with Crippen LogP contribution in [0.25, 0.3) is 0 Å². The molecule has 0 rings (SSSR count). The summed E-state index contributed by atoms with van der Waals surface area (Å²) in [5, 5.41) is -0.195. The maximum absolute atomic E-state index is 10.9. The third-order valence-corrected chi connectivity index (χ3v) is 4.46. The highest BCUT2D eigenvalue weighted by atomic mass is 35.5. The normalized spacial score (nSPS) is 11.8. The number of hydrogen-bond acceptors (Lipinski definition) is 1. The molecule has 0 saturated heterocycles. The topological polar surface area (TPSA) is 17.1 Å². The van der Waals surface area contributed by atoms with E-state index in [0.29, 0.717) is 6.42 Å². The van der Waals surface area contributed by atoms with Crippen molar-refractivity contribution in [3.63, 3.8) is 0 Å². The molecular formula is C19H37ClO. The second kappa shape index (κ2) is 13.6. The number of halogens is 1. The van der Waals surface area contributed by atoms with Gasteiger partial charge in [-0.25, -0.2) is 0 Å². The average molecular weight is 317 g/mol. The molecule has 126 valence electrons. The van der Waals surface area contributed by atoms with Gasteiger partial charge in [0, 0.05) is 6.42 Å². The van der Waals surface area contributed by atoms with Crippen LogP contribution in [-0.4, -0.2) is 5.24 Å². The fourth-order valence-electron chi connectivity index (χ4n) is 2.91. The molecule has 2 heteroatoms. The summed E-state index contributed by atoms with van der Waals surface area (Å²) in [6.45, 7) is 6.56. The first kappa shape index (κ1) is 21.0. The molecule has 0 aromatic carbocycles. The van der Waals surface area contributed by atoms with Crippen molar-refractivity contribution in [2.75, 3.05) is 0 Å². The minimum absolute atomic E-state index is 0.0807. The van der Waals surface area contributed by atoms with Gasteiger partial charge >= 0.3 is 0 Å². The Morgan fingerprint density at radius 1 is 0.762 bits per heavy atom. The lowest BCUT2D eigenvalue weighted by Gasteiger charge is -2.22. The van der Waals surface area contributed by atoms with Crippen molar-refractivity contribution in [2.24, 2.45) is 5.41 Å². The number of carbonyl (C=O) groups is 1. The Balaban J connectivity index is 3.24. The SMILES string of the molecule is CCCCCCCCCCCCCCC(C)(C)CC(=O)Cl. The van der Waals surface area contributed by atoms with Crippen molar-refractivity contribution in [1.82, 2.24) is 0 Å². The highest BCUT2D eigenvalue weighted by molar-refractivity contribution is 6.63. The van der Waals surface area contributed by atoms with Crippen molar-refractivity contribution < 1.29 is 4.79 Å². The van der Waals surface area contributed by atoms with E-state index in [2.05, 4.69) is 20.8 Å². The van der Waals surface area contributed by atoms with Crippen LogP contribution >= 0.6 is 11.6 Å². The van der Waals surface area contributed by atoms with Crippen LogP contribution in [0.15, 0.2) is 0 Å². The number of rotatable bonds is 15. The summed E-state index contributed by atoms with van der Waals surface area (Å²) in [6.07, 6.45) is 18.2. The van der Waals surface area contributed by atoms with Gasteiger partial charge in [-0.2, -0.15) is 0 Å². The summed E-state index contributed by atoms with van der Waals surface area (Å²) in [5.41, 5.74) is 0.0807. The summed E-state index contributed by atoms with van der Waals surface area (Å²) in [4.78, 5) is 10.9. The van der Waals surface area contributed by atoms with Crippen molar-refractivity contribution in [1.29, 1.82) is 0 Å². The van der Waals surface area contributed by atoms with Crippen molar-refractivity contribution in [3.05, 3.63) is 0 Å². The van der Waals surface area contributed by atoms with Crippen LogP contribution in [0.3, 0.4) is 0 Å². The second-order valence-corrected chi connectivity index (χ2v) is 7.76. The third kappa shape index (κ3) is 16.2. The molecule has 21 heavy (non-hydrogen) atoms. The Hall–Kier alpha value is -0.0400. The summed E-state index contributed by atoms with van der Waals surface area (Å²) in [6, 6.07) is 0. The number of unbranched alkanes of at least 4 members (excludes halogenated alkanes) is 11. The third-order valence-electron chi connectivity index (χ3n) is 4.32. The molecule has 0 saturated carbocycles. The Labute approximate surface area is 138 Å². The largest absolute Gasteiger partial charge is 0.281 e. The first-order valence-electron chi connectivity index (χ1n) is 9.16. The molecule has 0 amide bonds. The minimum atomic E-state index is -0.195. The molecule has 0 aromatic rings. The summed E-state index contributed by atoms with van der Waals surface area (Å²) >= 11 is 5.47. The molecule has 0 N–H and O–H groups in total. The molecule has 0 radical (unpaired) electrons. The molecule has 1 nitrogen and oxygen atoms in total. The van der Waals surface area contributed by atoms with Crippen LogP contribution in [-0.2, 0) is 4.79 Å². The van der Waals surface area contributed by atoms with Gasteiger partial charge in [0.05, 0.1) is 0 Å². The van der Waals surface area contributed by atoms with Crippen LogP contribution in [0.2, 0.25) is 0 Å². The van der Waals surface area contributed by atoms with Gasteiger partial charge in [0.1, 0.15) is 0 Å². The van der Waals surface area contributed by atoms with E-state index in [9.17, 15) is 4.79 Å². The molecule has 0 heterocycles. The van der Waals surface area contributed by atoms with Crippen LogP contribution in [0.4, 0.5) is 0 Å². The van der Waals surface area contributed by atoms with Gasteiger partial charge in [0.15, 0.2) is 0 Å². The molecule has 0 unspecified atom stereocenters. The first-order chi connectivity index (χ1) is 9.98. The molecule has 0 aromatic heterocycles. The molecule has 0 atom stereocenters. The zero-order chi connectivity index (χ0) is 16.0. The lowest BCUT2D eigenvalue weighted by atomic mass is 9.84. The fraction of sp³-hybridized carbons (Fsp3) is 0.947. The highest BCUT2D eigenvalue weighted by Gasteiger charge is 2.20. The molecule has 0 aliphatic carbocycles. The molecule has 0 aliphatic heterocycles. The van der Waals surface area contributed by atoms with Gasteiger partial charge in [-0.3, -0.25) is 4.79 Å². The van der Waals surface area contributed by atoms with E-state index in [-0.39, 0.29) is 10.7 Å². The van der Waals surface area contributed by atoms with Gasteiger partial charge < -0.3 is 0 Å². The van der Waals surface area contributed by atoms with Crippen LogP contribution in [0.5, 0.6) is 0 Å². The predicted octanol–water partition coefficient (Wildman–Crippen LogP) is 7.26. The number of hydrogen-bond donors (Lipinski definition) is 0. The van der Waals surface area contributed by atoms with Gasteiger partial charge in [0.25, 0.3) is 0 Å². The van der Waals surface area contributed by atoms with E-state index < -0.39 is 0 Å². The zero-order valence-corrected chi connectivity index (χ0v) is 15.4. The summed E-state index contributed by atoms with van der Waals surface area (Å²) < 4.78 is 0. The Kier molecular flexibility index (Phi) is 13.6. The van der Waals surface area contributed by atoms with Crippen LogP contribution in [0.1, 0.15) is 111 Å². The smallest absolute Gasteiger partial charge is 0.222 e. The van der Waals surface area contributed by atoms with E-state index in [0.717, 1.165) is 6.42 Å². The first-order valence-corrected chi connectivity index (χ1v) is 9.54. The average Bonchev–Trinajstić information content (AvgIpc) is 2.38. The van der Waals surface area contributed by atoms with E-state index in [1.807, 2.05) is 0 Å². The second-order valence-electron chi connectivity index (χ2n) is 7.34. The van der Waals surface area contributed by atoms with Crippen molar-refractivity contribution >= 4 is 16.8 Å². The van der Waals surface area contributed by atoms with Crippen LogP contribution in [0, 0.1) is 5.41 Å². The van der Waals surface area contributed by atoms with Crippen molar-refractivity contribution in [3.8, 4) is 0 Å². The Morgan fingerprint density at radius 2 is 1.14 bits per heavy atom. The van der Waals surface area contributed by atoms with E-state index in [1.165, 1.54) is 77.0 Å². The van der Waals surface area contributed by atoms with Gasteiger partial charge in [-0.05, 0) is 23.4 Å². The van der Waals surface area contributed by atoms with E-state index in [4.69, 9.17) is 11.6 Å². The number of carbonyl (C=O) groups excluding carboxylic acids is 1. The fourth-order valence-corrected chi connectivity index (χ4v) is 3.27. The molecule has 0 spiro atoms. The monoisotopic (exact) mass is 316 g/mol. The Morgan fingerprint density at radius 3 is 1.52 bits per heavy atom. The molecular weight excluding hydrogens is 280 g/mol. The van der Waals surface area contributed by atoms with E-state index in [1.54, 1.807) is 0 Å². The lowest BCUT2D eigenvalue weighted by Crippen LogP contribution is -2.14.